The van der Waals surface area contributed by atoms with Crippen molar-refractivity contribution in [2.45, 2.75) is 265 Å². The van der Waals surface area contributed by atoms with Gasteiger partial charge in [0.1, 0.15) is 18.0 Å². The quantitative estimate of drug-likeness (QED) is 0.0612. The maximum atomic E-state index is 6.91. The number of rotatable bonds is 46. The van der Waals surface area contributed by atoms with Crippen LogP contribution in [0.25, 0.3) is 0 Å². The van der Waals surface area contributed by atoms with E-state index >= 15 is 0 Å². The third kappa shape index (κ3) is 30.4. The number of unbranched alkanes of at least 4 members (excludes halogenated alkanes) is 32. The topological polar surface area (TPSA) is 34.2 Å². The highest BCUT2D eigenvalue weighted by atomic mass is 16.9. The normalized spacial score (nSPS) is 13.4. The number of hydrogen-bond donors (Lipinski definition) is 0. The number of ether oxygens (including phenoxy) is 3. The summed E-state index contributed by atoms with van der Waals surface area (Å²) in [7, 11) is 0. The first kappa shape index (κ1) is 53.8. The molecule has 2 heterocycles. The molecule has 3 rings (SSSR count). The standard InChI is InChI=1S/C54H102N2O3/c1-5-9-13-17-21-25-29-33-37-45-55(46-38-34-30-26-22-18-14-10-6-2)49-50-57-54(58-52-41-42-53(59-54)44-43-52)51-56(47-39-35-31-27-23-19-15-11-7-3)48-40-36-32-28-24-20-16-12-8-4/h41-44H,5-40,45-51H2,1-4H3. The molecule has 0 saturated heterocycles. The lowest BCUT2D eigenvalue weighted by atomic mass is 10.1. The van der Waals surface area contributed by atoms with Crippen LogP contribution >= 0.6 is 0 Å². The van der Waals surface area contributed by atoms with Crippen LogP contribution in [-0.4, -0.2) is 61.6 Å². The molecule has 1 aromatic rings. The van der Waals surface area contributed by atoms with Crippen molar-refractivity contribution in [3.8, 4) is 11.5 Å². The highest BCUT2D eigenvalue weighted by Gasteiger charge is 2.41. The maximum absolute atomic E-state index is 6.91. The fourth-order valence-electron chi connectivity index (χ4n) is 8.92. The molecular weight excluding hydrogens is 725 g/mol. The molecule has 0 aliphatic carbocycles. The first-order valence-electron chi connectivity index (χ1n) is 26.7. The molecule has 0 spiro atoms. The first-order valence-corrected chi connectivity index (χ1v) is 26.7. The van der Waals surface area contributed by atoms with Gasteiger partial charge in [-0.05, 0) is 76.1 Å². The third-order valence-corrected chi connectivity index (χ3v) is 12.8. The van der Waals surface area contributed by atoms with Crippen LogP contribution < -0.4 is 9.47 Å². The van der Waals surface area contributed by atoms with Crippen LogP contribution in [0.3, 0.4) is 0 Å². The van der Waals surface area contributed by atoms with E-state index in [0.717, 1.165) is 31.1 Å². The Morgan fingerprint density at radius 1 is 0.339 bits per heavy atom. The largest absolute Gasteiger partial charge is 0.429 e. The van der Waals surface area contributed by atoms with Gasteiger partial charge in [0.15, 0.2) is 0 Å². The van der Waals surface area contributed by atoms with E-state index in [1.807, 2.05) is 24.3 Å². The minimum atomic E-state index is -1.11. The minimum Gasteiger partial charge on any atom is -0.429 e. The number of nitrogens with zero attached hydrogens (tertiary/aromatic N) is 2. The van der Waals surface area contributed by atoms with Crippen molar-refractivity contribution in [2.24, 2.45) is 0 Å². The van der Waals surface area contributed by atoms with Crippen molar-refractivity contribution >= 4 is 0 Å². The molecule has 5 heteroatoms. The van der Waals surface area contributed by atoms with Crippen molar-refractivity contribution in [1.29, 1.82) is 0 Å². The van der Waals surface area contributed by atoms with Gasteiger partial charge in [-0.15, -0.1) is 0 Å². The Hall–Kier alpha value is -1.30. The van der Waals surface area contributed by atoms with E-state index < -0.39 is 5.97 Å². The molecular formula is C54H102N2O3. The Balaban J connectivity index is 1.99. The van der Waals surface area contributed by atoms with E-state index in [9.17, 15) is 0 Å². The van der Waals surface area contributed by atoms with Crippen LogP contribution in [-0.2, 0) is 4.74 Å². The predicted molar refractivity (Wildman–Crippen MR) is 258 cm³/mol. The smallest absolute Gasteiger partial charge is 0.385 e. The van der Waals surface area contributed by atoms with Crippen molar-refractivity contribution in [1.82, 2.24) is 9.80 Å². The van der Waals surface area contributed by atoms with Crippen LogP contribution in [0.5, 0.6) is 11.5 Å². The molecule has 59 heavy (non-hydrogen) atoms. The van der Waals surface area contributed by atoms with E-state index in [1.165, 1.54) is 244 Å². The molecule has 0 fully saturated rings. The Morgan fingerprint density at radius 2 is 0.593 bits per heavy atom. The van der Waals surface area contributed by atoms with Gasteiger partial charge in [-0.25, -0.2) is 0 Å². The third-order valence-electron chi connectivity index (χ3n) is 12.8. The highest BCUT2D eigenvalue weighted by Crippen LogP contribution is 2.32. The zero-order valence-corrected chi connectivity index (χ0v) is 40.3. The van der Waals surface area contributed by atoms with Crippen molar-refractivity contribution in [3.05, 3.63) is 24.3 Å². The molecule has 0 amide bonds. The molecule has 5 nitrogen and oxygen atoms in total. The lowest BCUT2D eigenvalue weighted by molar-refractivity contribution is -0.306. The van der Waals surface area contributed by atoms with E-state index in [1.54, 1.807) is 0 Å². The van der Waals surface area contributed by atoms with Gasteiger partial charge in [0.2, 0.25) is 0 Å². The first-order chi connectivity index (χ1) is 29.1. The van der Waals surface area contributed by atoms with Crippen molar-refractivity contribution in [2.75, 3.05) is 45.9 Å². The second-order valence-corrected chi connectivity index (χ2v) is 18.6. The lowest BCUT2D eigenvalue weighted by Gasteiger charge is -2.37. The van der Waals surface area contributed by atoms with Crippen LogP contribution in [0, 0.1) is 0 Å². The van der Waals surface area contributed by atoms with Crippen molar-refractivity contribution in [3.63, 3.8) is 0 Å². The maximum Gasteiger partial charge on any atom is 0.385 e. The SMILES string of the molecule is CCCCCCCCCCCN(CCCCCCCCCCC)CCOC1(CN(CCCCCCCCCCC)CCCCCCCCCCC)Oc2ccc(cc2)O1. The van der Waals surface area contributed by atoms with E-state index in [4.69, 9.17) is 14.2 Å². The lowest BCUT2D eigenvalue weighted by Crippen LogP contribution is -2.54. The average molecular weight is 827 g/mol. The Labute approximate surface area is 369 Å². The molecule has 0 radical (unpaired) electrons. The molecule has 1 aromatic carbocycles. The van der Waals surface area contributed by atoms with Gasteiger partial charge in [-0.2, -0.15) is 0 Å². The summed E-state index contributed by atoms with van der Waals surface area (Å²) in [6, 6.07) is 8.19. The summed E-state index contributed by atoms with van der Waals surface area (Å²) in [6.07, 6.45) is 49.2. The summed E-state index contributed by atoms with van der Waals surface area (Å²) in [5, 5.41) is 0. The highest BCUT2D eigenvalue weighted by molar-refractivity contribution is 5.33. The second kappa shape index (κ2) is 39.5. The van der Waals surface area contributed by atoms with Crippen LogP contribution in [0.1, 0.15) is 259 Å². The molecule has 0 N–H and O–H groups in total. The molecule has 0 aromatic heterocycles. The summed E-state index contributed by atoms with van der Waals surface area (Å²) in [4.78, 5) is 5.32. The predicted octanol–water partition coefficient (Wildman–Crippen LogP) is 16.9. The Kier molecular flexibility index (Phi) is 36.1. The fourth-order valence-corrected chi connectivity index (χ4v) is 8.92. The summed E-state index contributed by atoms with van der Waals surface area (Å²) < 4.78 is 20.4. The summed E-state index contributed by atoms with van der Waals surface area (Å²) >= 11 is 0. The molecule has 0 unspecified atom stereocenters. The van der Waals surface area contributed by atoms with Crippen LogP contribution in [0.15, 0.2) is 24.3 Å². The summed E-state index contributed by atoms with van der Waals surface area (Å²) in [5.74, 6) is 0.578. The number of hydrogen-bond acceptors (Lipinski definition) is 5. The van der Waals surface area contributed by atoms with E-state index in [-0.39, 0.29) is 0 Å². The molecule has 2 aliphatic rings. The van der Waals surface area contributed by atoms with Gasteiger partial charge < -0.3 is 19.1 Å². The summed E-state index contributed by atoms with van der Waals surface area (Å²) in [5.41, 5.74) is 0. The van der Waals surface area contributed by atoms with Crippen LogP contribution in [0.2, 0.25) is 0 Å². The average Bonchev–Trinajstić information content (AvgIpc) is 3.52. The van der Waals surface area contributed by atoms with E-state index in [2.05, 4.69) is 37.5 Å². The Bertz CT molecular complexity index is 933. The Morgan fingerprint density at radius 3 is 0.881 bits per heavy atom. The zero-order chi connectivity index (χ0) is 42.2. The van der Waals surface area contributed by atoms with Gasteiger partial charge >= 0.3 is 5.97 Å². The van der Waals surface area contributed by atoms with Gasteiger partial charge in [0.05, 0.1) is 6.61 Å². The number of fused-ring (bicyclic) bond motifs is 4. The molecule has 2 bridgehead atoms. The van der Waals surface area contributed by atoms with Crippen molar-refractivity contribution < 1.29 is 14.2 Å². The molecule has 346 valence electrons. The fraction of sp³-hybridized carbons (Fsp3) is 0.889. The van der Waals surface area contributed by atoms with Gasteiger partial charge in [-0.3, -0.25) is 4.90 Å². The van der Waals surface area contributed by atoms with Gasteiger partial charge in [-0.1, -0.05) is 233 Å². The minimum absolute atomic E-state index is 0.624. The monoisotopic (exact) mass is 827 g/mol. The number of benzene rings is 1. The van der Waals surface area contributed by atoms with Gasteiger partial charge in [0, 0.05) is 6.54 Å². The summed E-state index contributed by atoms with van der Waals surface area (Å²) in [6.45, 7) is 16.0. The zero-order valence-electron chi connectivity index (χ0n) is 40.3. The molecule has 0 atom stereocenters. The second-order valence-electron chi connectivity index (χ2n) is 18.6. The molecule has 2 aliphatic heterocycles. The van der Waals surface area contributed by atoms with E-state index in [0.29, 0.717) is 13.2 Å². The molecule has 0 saturated carbocycles. The van der Waals surface area contributed by atoms with Crippen LogP contribution in [0.4, 0.5) is 0 Å². The van der Waals surface area contributed by atoms with Gasteiger partial charge in [0.25, 0.3) is 0 Å².